The fourth-order valence-electron chi connectivity index (χ4n) is 1.29. The van der Waals surface area contributed by atoms with Crippen molar-refractivity contribution in [1.29, 1.82) is 0 Å². The Balaban J connectivity index is 3.00. The van der Waals surface area contributed by atoms with Gasteiger partial charge in [0, 0.05) is 26.7 Å². The van der Waals surface area contributed by atoms with Crippen molar-refractivity contribution < 1.29 is 4.92 Å². The van der Waals surface area contributed by atoms with Crippen LogP contribution < -0.4 is 5.73 Å². The Bertz CT molecular complexity index is 442. The minimum Gasteiger partial charge on any atom is -0.374 e. The van der Waals surface area contributed by atoms with Crippen molar-refractivity contribution in [2.45, 2.75) is 6.42 Å². The van der Waals surface area contributed by atoms with E-state index >= 15 is 0 Å². The molecule has 0 radical (unpaired) electrons. The van der Waals surface area contributed by atoms with Gasteiger partial charge in [-0.2, -0.15) is 0 Å². The highest BCUT2D eigenvalue weighted by Gasteiger charge is 2.15. The Kier molecular flexibility index (Phi) is 4.28. The third kappa shape index (κ3) is 3.60. The predicted molar refractivity (Wildman–Crippen MR) is 64.8 cm³/mol. The topological polar surface area (TPSA) is 85.3 Å². The standard InChI is InChI=1S/C10H13ClN4O2/c1-14(2)8(10(12)15(16)17)5-7-3-4-9(11)13-6-7/h3-4,6H,5,12H2,1-2H3. The van der Waals surface area contributed by atoms with Crippen LogP contribution >= 0.6 is 11.6 Å². The zero-order valence-corrected chi connectivity index (χ0v) is 10.3. The van der Waals surface area contributed by atoms with Gasteiger partial charge in [0.15, 0.2) is 0 Å². The molecule has 0 atom stereocenters. The fraction of sp³-hybridized carbons (Fsp3) is 0.300. The Morgan fingerprint density at radius 3 is 2.65 bits per heavy atom. The zero-order valence-electron chi connectivity index (χ0n) is 9.55. The molecule has 0 aliphatic carbocycles. The second kappa shape index (κ2) is 5.49. The van der Waals surface area contributed by atoms with Gasteiger partial charge in [-0.15, -0.1) is 0 Å². The van der Waals surface area contributed by atoms with E-state index in [1.165, 1.54) is 0 Å². The largest absolute Gasteiger partial charge is 0.374 e. The number of nitrogens with zero attached hydrogens (tertiary/aromatic N) is 3. The first-order valence-corrected chi connectivity index (χ1v) is 5.20. The van der Waals surface area contributed by atoms with Gasteiger partial charge in [0.25, 0.3) is 0 Å². The minimum atomic E-state index is -0.599. The second-order valence-corrected chi connectivity index (χ2v) is 4.04. The number of likely N-dealkylation sites (N-methyl/N-ethyl adjacent to an activating group) is 1. The van der Waals surface area contributed by atoms with Crippen LogP contribution in [-0.2, 0) is 6.42 Å². The van der Waals surface area contributed by atoms with Crippen LogP contribution in [0.5, 0.6) is 0 Å². The highest BCUT2D eigenvalue weighted by Crippen LogP contribution is 2.13. The van der Waals surface area contributed by atoms with E-state index in [9.17, 15) is 10.1 Å². The zero-order chi connectivity index (χ0) is 13.0. The summed E-state index contributed by atoms with van der Waals surface area (Å²) in [5.74, 6) is -0.357. The lowest BCUT2D eigenvalue weighted by Crippen LogP contribution is -2.23. The number of aromatic nitrogens is 1. The van der Waals surface area contributed by atoms with E-state index in [2.05, 4.69) is 4.98 Å². The third-order valence-corrected chi connectivity index (χ3v) is 2.42. The summed E-state index contributed by atoms with van der Waals surface area (Å²) in [6.45, 7) is 0. The molecule has 0 saturated carbocycles. The monoisotopic (exact) mass is 256 g/mol. The molecule has 2 N–H and O–H groups in total. The molecule has 0 unspecified atom stereocenters. The predicted octanol–water partition coefficient (Wildman–Crippen LogP) is 1.24. The minimum absolute atomic E-state index is 0.337. The maximum absolute atomic E-state index is 10.6. The number of hydrogen-bond donors (Lipinski definition) is 1. The van der Waals surface area contributed by atoms with Crippen molar-refractivity contribution in [3.05, 3.63) is 50.7 Å². The Morgan fingerprint density at radius 1 is 1.59 bits per heavy atom. The van der Waals surface area contributed by atoms with Crippen LogP contribution in [-0.4, -0.2) is 28.9 Å². The van der Waals surface area contributed by atoms with Crippen LogP contribution in [0.4, 0.5) is 0 Å². The van der Waals surface area contributed by atoms with E-state index in [-0.39, 0.29) is 5.82 Å². The molecule has 6 nitrogen and oxygen atoms in total. The molecule has 92 valence electrons. The number of hydrogen-bond acceptors (Lipinski definition) is 5. The van der Waals surface area contributed by atoms with E-state index in [1.807, 2.05) is 0 Å². The molecule has 1 aromatic heterocycles. The molecule has 7 heteroatoms. The van der Waals surface area contributed by atoms with Crippen molar-refractivity contribution in [1.82, 2.24) is 9.88 Å². The molecule has 0 fully saturated rings. The van der Waals surface area contributed by atoms with Crippen molar-refractivity contribution in [3.63, 3.8) is 0 Å². The maximum atomic E-state index is 10.6. The van der Waals surface area contributed by atoms with Crippen LogP contribution in [0.25, 0.3) is 0 Å². The van der Waals surface area contributed by atoms with Gasteiger partial charge in [-0.3, -0.25) is 5.73 Å². The van der Waals surface area contributed by atoms with E-state index in [1.54, 1.807) is 37.3 Å². The first kappa shape index (κ1) is 13.2. The van der Waals surface area contributed by atoms with Gasteiger partial charge in [-0.05, 0) is 16.6 Å². The van der Waals surface area contributed by atoms with Crippen molar-refractivity contribution >= 4 is 11.6 Å². The average molecular weight is 257 g/mol. The van der Waals surface area contributed by atoms with Gasteiger partial charge in [-0.25, -0.2) is 4.98 Å². The third-order valence-electron chi connectivity index (χ3n) is 2.19. The quantitative estimate of drug-likeness (QED) is 0.498. The van der Waals surface area contributed by atoms with E-state index in [0.717, 1.165) is 5.56 Å². The van der Waals surface area contributed by atoms with Crippen LogP contribution in [0, 0.1) is 10.1 Å². The molecule has 0 amide bonds. The van der Waals surface area contributed by atoms with Crippen molar-refractivity contribution in [2.75, 3.05) is 14.1 Å². The SMILES string of the molecule is CN(C)C(Cc1ccc(Cl)nc1)=C(N)[N+](=O)[O-]. The van der Waals surface area contributed by atoms with Crippen molar-refractivity contribution in [2.24, 2.45) is 5.73 Å². The normalized spacial score (nSPS) is 11.9. The summed E-state index contributed by atoms with van der Waals surface area (Å²) in [6.07, 6.45) is 1.91. The molecule has 0 aliphatic rings. The van der Waals surface area contributed by atoms with Crippen molar-refractivity contribution in [3.8, 4) is 0 Å². The summed E-state index contributed by atoms with van der Waals surface area (Å²) in [7, 11) is 3.41. The summed E-state index contributed by atoms with van der Waals surface area (Å²) in [5.41, 5.74) is 6.67. The summed E-state index contributed by atoms with van der Waals surface area (Å²) in [4.78, 5) is 15.6. The van der Waals surface area contributed by atoms with Gasteiger partial charge in [-0.1, -0.05) is 17.7 Å². The molecule has 17 heavy (non-hydrogen) atoms. The Labute approximate surface area is 104 Å². The van der Waals surface area contributed by atoms with Crippen LogP contribution in [0.2, 0.25) is 5.15 Å². The van der Waals surface area contributed by atoms with Gasteiger partial charge >= 0.3 is 5.82 Å². The average Bonchev–Trinajstić information content (AvgIpc) is 2.26. The number of pyridine rings is 1. The fourth-order valence-corrected chi connectivity index (χ4v) is 1.40. The summed E-state index contributed by atoms with van der Waals surface area (Å²) < 4.78 is 0. The molecular weight excluding hydrogens is 244 g/mol. The summed E-state index contributed by atoms with van der Waals surface area (Å²) in [6, 6.07) is 3.39. The Morgan fingerprint density at radius 2 is 2.24 bits per heavy atom. The van der Waals surface area contributed by atoms with E-state index < -0.39 is 4.92 Å². The molecule has 0 spiro atoms. The van der Waals surface area contributed by atoms with Gasteiger partial charge in [0.05, 0.1) is 0 Å². The molecule has 1 rings (SSSR count). The number of nitro groups is 1. The highest BCUT2D eigenvalue weighted by molar-refractivity contribution is 6.29. The highest BCUT2D eigenvalue weighted by atomic mass is 35.5. The summed E-state index contributed by atoms with van der Waals surface area (Å²) >= 11 is 5.66. The Hall–Kier alpha value is -1.82. The van der Waals surface area contributed by atoms with Crippen LogP contribution in [0.15, 0.2) is 29.8 Å². The molecule has 1 aromatic rings. The lowest BCUT2D eigenvalue weighted by Gasteiger charge is -2.16. The number of nitrogens with two attached hydrogens (primary N) is 1. The molecule has 0 aliphatic heterocycles. The molecule has 0 saturated heterocycles. The van der Waals surface area contributed by atoms with Crippen LogP contribution in [0.1, 0.15) is 5.56 Å². The second-order valence-electron chi connectivity index (χ2n) is 3.65. The lowest BCUT2D eigenvalue weighted by atomic mass is 10.1. The number of allylic oxidation sites excluding steroid dienone is 1. The number of rotatable bonds is 4. The molecule has 0 aromatic carbocycles. The lowest BCUT2D eigenvalue weighted by molar-refractivity contribution is -0.428. The first-order valence-electron chi connectivity index (χ1n) is 4.82. The molecule has 1 heterocycles. The van der Waals surface area contributed by atoms with Gasteiger partial charge < -0.3 is 15.0 Å². The van der Waals surface area contributed by atoms with Crippen LogP contribution in [0.3, 0.4) is 0 Å². The summed E-state index contributed by atoms with van der Waals surface area (Å²) in [5, 5.41) is 11.0. The molecular formula is C10H13ClN4O2. The smallest absolute Gasteiger partial charge is 0.333 e. The van der Waals surface area contributed by atoms with E-state index in [0.29, 0.717) is 17.3 Å². The first-order chi connectivity index (χ1) is 7.91. The number of halogens is 1. The molecule has 0 bridgehead atoms. The van der Waals surface area contributed by atoms with Gasteiger partial charge in [0.1, 0.15) is 10.9 Å². The van der Waals surface area contributed by atoms with E-state index in [4.69, 9.17) is 17.3 Å². The maximum Gasteiger partial charge on any atom is 0.333 e. The van der Waals surface area contributed by atoms with Gasteiger partial charge in [0.2, 0.25) is 0 Å².